The van der Waals surface area contributed by atoms with Crippen molar-refractivity contribution < 1.29 is 27.3 Å². The molecule has 2 heterocycles. The largest absolute Gasteiger partial charge is 0.471 e. The quantitative estimate of drug-likeness (QED) is 0.491. The molecule has 0 spiro atoms. The SMILES string of the molecule is O=C(NC1CCN(c2c([N+](=O)[O-])cnn2C2CC2)CC(F)C1)C(F)(F)F. The van der Waals surface area contributed by atoms with Crippen molar-refractivity contribution in [2.45, 2.75) is 50.1 Å². The van der Waals surface area contributed by atoms with Crippen molar-refractivity contribution in [3.8, 4) is 0 Å². The van der Waals surface area contributed by atoms with E-state index in [-0.39, 0.29) is 43.5 Å². The van der Waals surface area contributed by atoms with Gasteiger partial charge in [-0.25, -0.2) is 9.07 Å². The number of nitrogens with one attached hydrogen (secondary N) is 1. The normalized spacial score (nSPS) is 24.2. The summed E-state index contributed by atoms with van der Waals surface area (Å²) in [6.07, 6.45) is -4.11. The van der Waals surface area contributed by atoms with E-state index in [2.05, 4.69) is 5.10 Å². The smallest absolute Gasteiger partial charge is 0.348 e. The van der Waals surface area contributed by atoms with Gasteiger partial charge in [0, 0.05) is 19.0 Å². The van der Waals surface area contributed by atoms with Gasteiger partial charge >= 0.3 is 17.8 Å². The Kier molecular flexibility index (Phi) is 4.76. The highest BCUT2D eigenvalue weighted by atomic mass is 19.4. The van der Waals surface area contributed by atoms with Crippen LogP contribution in [0.15, 0.2) is 6.20 Å². The molecule has 0 aromatic carbocycles. The van der Waals surface area contributed by atoms with Crippen molar-refractivity contribution >= 4 is 17.4 Å². The second kappa shape index (κ2) is 6.72. The maximum atomic E-state index is 14.3. The molecule has 2 fully saturated rings. The summed E-state index contributed by atoms with van der Waals surface area (Å²) in [6.45, 7) is -0.139. The Labute approximate surface area is 145 Å². The average Bonchev–Trinajstić information content (AvgIpc) is 3.30. The van der Waals surface area contributed by atoms with Gasteiger partial charge in [0.25, 0.3) is 0 Å². The Morgan fingerprint density at radius 3 is 2.62 bits per heavy atom. The molecule has 1 aromatic heterocycles. The lowest BCUT2D eigenvalue weighted by atomic mass is 10.1. The topological polar surface area (TPSA) is 93.3 Å². The molecule has 1 amide bonds. The zero-order valence-electron chi connectivity index (χ0n) is 13.6. The number of carbonyl (C=O) groups excluding carboxylic acids is 1. The molecule has 3 rings (SSSR count). The van der Waals surface area contributed by atoms with Gasteiger partial charge < -0.3 is 10.2 Å². The first kappa shape index (κ1) is 18.4. The molecule has 12 heteroatoms. The second-order valence-electron chi connectivity index (χ2n) is 6.52. The highest BCUT2D eigenvalue weighted by molar-refractivity contribution is 5.81. The number of alkyl halides is 4. The maximum Gasteiger partial charge on any atom is 0.471 e. The number of amides is 1. The summed E-state index contributed by atoms with van der Waals surface area (Å²) in [4.78, 5) is 23.2. The number of nitrogens with zero attached hydrogens (tertiary/aromatic N) is 4. The van der Waals surface area contributed by atoms with E-state index in [9.17, 15) is 32.5 Å². The molecule has 1 aliphatic carbocycles. The van der Waals surface area contributed by atoms with Crippen LogP contribution < -0.4 is 10.2 Å². The van der Waals surface area contributed by atoms with Crippen LogP contribution in [0.25, 0.3) is 0 Å². The number of hydrogen-bond donors (Lipinski definition) is 1. The van der Waals surface area contributed by atoms with E-state index in [1.807, 2.05) is 0 Å². The van der Waals surface area contributed by atoms with Gasteiger partial charge in [0.2, 0.25) is 5.82 Å². The Balaban J connectivity index is 1.78. The standard InChI is InChI=1S/C14H17F4N5O3/c15-8-5-9(20-13(24)14(16,17)18)3-4-21(7-8)12-11(23(25)26)6-19-22(12)10-1-2-10/h6,8-10H,1-5,7H2,(H,20,24). The number of rotatable bonds is 4. The van der Waals surface area contributed by atoms with Crippen molar-refractivity contribution in [3.05, 3.63) is 16.3 Å². The first-order valence-electron chi connectivity index (χ1n) is 8.15. The third-order valence-electron chi connectivity index (χ3n) is 4.44. The fourth-order valence-electron chi connectivity index (χ4n) is 3.10. The van der Waals surface area contributed by atoms with E-state index in [1.54, 1.807) is 5.32 Å². The number of carbonyl (C=O) groups is 1. The fraction of sp³-hybridized carbons (Fsp3) is 0.714. The van der Waals surface area contributed by atoms with Crippen LogP contribution in [0.4, 0.5) is 29.1 Å². The third kappa shape index (κ3) is 3.88. The molecular formula is C14H17F4N5O3. The average molecular weight is 379 g/mol. The van der Waals surface area contributed by atoms with Gasteiger partial charge in [-0.05, 0) is 19.3 Å². The third-order valence-corrected chi connectivity index (χ3v) is 4.44. The van der Waals surface area contributed by atoms with Gasteiger partial charge in [0.1, 0.15) is 12.4 Å². The lowest BCUT2D eigenvalue weighted by Gasteiger charge is -2.23. The predicted octanol–water partition coefficient (Wildman–Crippen LogP) is 2.11. The molecule has 2 aliphatic rings. The van der Waals surface area contributed by atoms with Gasteiger partial charge in [-0.1, -0.05) is 0 Å². The van der Waals surface area contributed by atoms with Crippen molar-refractivity contribution in [2.75, 3.05) is 18.0 Å². The Morgan fingerprint density at radius 1 is 1.35 bits per heavy atom. The van der Waals surface area contributed by atoms with Gasteiger partial charge in [0.15, 0.2) is 0 Å². The van der Waals surface area contributed by atoms with E-state index in [0.29, 0.717) is 0 Å². The number of hydrogen-bond acceptors (Lipinski definition) is 5. The minimum absolute atomic E-state index is 0.0146. The summed E-state index contributed by atoms with van der Waals surface area (Å²) in [5, 5.41) is 17.1. The summed E-state index contributed by atoms with van der Waals surface area (Å²) >= 11 is 0. The zero-order valence-corrected chi connectivity index (χ0v) is 13.6. The molecule has 2 atom stereocenters. The van der Waals surface area contributed by atoms with Crippen molar-refractivity contribution in [1.29, 1.82) is 0 Å². The van der Waals surface area contributed by atoms with Crippen molar-refractivity contribution in [3.63, 3.8) is 0 Å². The minimum atomic E-state index is -5.04. The van der Waals surface area contributed by atoms with E-state index >= 15 is 0 Å². The molecule has 8 nitrogen and oxygen atoms in total. The van der Waals surface area contributed by atoms with Crippen LogP contribution in [0.5, 0.6) is 0 Å². The molecule has 1 aliphatic heterocycles. The van der Waals surface area contributed by atoms with E-state index in [1.165, 1.54) is 9.58 Å². The van der Waals surface area contributed by atoms with E-state index in [0.717, 1.165) is 19.0 Å². The number of halogens is 4. The van der Waals surface area contributed by atoms with Crippen LogP contribution in [0.1, 0.15) is 31.7 Å². The molecule has 1 aromatic rings. The van der Waals surface area contributed by atoms with Crippen molar-refractivity contribution in [2.24, 2.45) is 0 Å². The number of aromatic nitrogens is 2. The molecule has 1 N–H and O–H groups in total. The number of anilines is 1. The Morgan fingerprint density at radius 2 is 2.04 bits per heavy atom. The second-order valence-corrected chi connectivity index (χ2v) is 6.52. The monoisotopic (exact) mass is 379 g/mol. The molecule has 144 valence electrons. The molecule has 1 saturated carbocycles. The summed E-state index contributed by atoms with van der Waals surface area (Å²) in [6, 6.07) is -0.985. The van der Waals surface area contributed by atoms with Gasteiger partial charge in [-0.3, -0.25) is 14.9 Å². The fourth-order valence-corrected chi connectivity index (χ4v) is 3.10. The summed E-state index contributed by atoms with van der Waals surface area (Å²) in [5.74, 6) is -1.94. The van der Waals surface area contributed by atoms with Crippen LogP contribution in [0, 0.1) is 10.1 Å². The van der Waals surface area contributed by atoms with Gasteiger partial charge in [0.05, 0.1) is 17.5 Å². The molecule has 0 bridgehead atoms. The Hall–Kier alpha value is -2.40. The lowest BCUT2D eigenvalue weighted by Crippen LogP contribution is -2.44. The van der Waals surface area contributed by atoms with Crippen LogP contribution in [0.2, 0.25) is 0 Å². The van der Waals surface area contributed by atoms with Gasteiger partial charge in [-0.15, -0.1) is 0 Å². The molecule has 1 saturated heterocycles. The first-order valence-corrected chi connectivity index (χ1v) is 8.15. The number of nitro groups is 1. The van der Waals surface area contributed by atoms with Crippen LogP contribution in [-0.2, 0) is 4.79 Å². The van der Waals surface area contributed by atoms with Crippen LogP contribution in [-0.4, -0.2) is 52.1 Å². The maximum absolute atomic E-state index is 14.3. The van der Waals surface area contributed by atoms with Crippen molar-refractivity contribution in [1.82, 2.24) is 15.1 Å². The van der Waals surface area contributed by atoms with E-state index < -0.39 is 29.2 Å². The summed E-state index contributed by atoms with van der Waals surface area (Å²) < 4.78 is 52.9. The molecule has 2 unspecified atom stereocenters. The molecule has 26 heavy (non-hydrogen) atoms. The first-order chi connectivity index (χ1) is 12.2. The zero-order chi connectivity index (χ0) is 19.1. The molecule has 0 radical (unpaired) electrons. The molecular weight excluding hydrogens is 362 g/mol. The summed E-state index contributed by atoms with van der Waals surface area (Å²) in [5.41, 5.74) is -0.262. The van der Waals surface area contributed by atoms with Gasteiger partial charge in [-0.2, -0.15) is 18.3 Å². The van der Waals surface area contributed by atoms with Crippen LogP contribution in [0.3, 0.4) is 0 Å². The highest BCUT2D eigenvalue weighted by Crippen LogP contribution is 2.41. The summed E-state index contributed by atoms with van der Waals surface area (Å²) in [7, 11) is 0. The lowest BCUT2D eigenvalue weighted by molar-refractivity contribution is -0.384. The Bertz CT molecular complexity index is 703. The predicted molar refractivity (Wildman–Crippen MR) is 81.5 cm³/mol. The van der Waals surface area contributed by atoms with Crippen LogP contribution >= 0.6 is 0 Å². The highest BCUT2D eigenvalue weighted by Gasteiger charge is 2.41. The minimum Gasteiger partial charge on any atom is -0.348 e. The van der Waals surface area contributed by atoms with E-state index in [4.69, 9.17) is 0 Å².